The molecule has 0 bridgehead atoms. The van der Waals surface area contributed by atoms with Crippen molar-refractivity contribution in [2.75, 3.05) is 26.2 Å². The van der Waals surface area contributed by atoms with Crippen LogP contribution in [0.3, 0.4) is 0 Å². The summed E-state index contributed by atoms with van der Waals surface area (Å²) in [6.45, 7) is 4.45. The molecule has 0 aliphatic carbocycles. The molecule has 4 nitrogen and oxygen atoms in total. The van der Waals surface area contributed by atoms with Crippen molar-refractivity contribution in [1.29, 1.82) is 0 Å². The Labute approximate surface area is 129 Å². The van der Waals surface area contributed by atoms with E-state index in [1.54, 1.807) is 11.3 Å². The second-order valence-electron chi connectivity index (χ2n) is 5.27. The van der Waals surface area contributed by atoms with E-state index in [0.29, 0.717) is 0 Å². The number of nitrogens with zero attached hydrogens (tertiary/aromatic N) is 3. The summed E-state index contributed by atoms with van der Waals surface area (Å²) in [4.78, 5) is 21.2. The van der Waals surface area contributed by atoms with Gasteiger partial charge in [0, 0.05) is 43.7 Å². The highest BCUT2D eigenvalue weighted by Gasteiger charge is 2.20. The van der Waals surface area contributed by atoms with E-state index in [4.69, 9.17) is 0 Å². The van der Waals surface area contributed by atoms with Crippen molar-refractivity contribution in [3.8, 4) is 0 Å². The average molecular weight is 301 g/mol. The van der Waals surface area contributed by atoms with E-state index in [1.165, 1.54) is 0 Å². The first-order valence-electron chi connectivity index (χ1n) is 7.26. The van der Waals surface area contributed by atoms with Crippen LogP contribution < -0.4 is 0 Å². The Balaban J connectivity index is 1.59. The summed E-state index contributed by atoms with van der Waals surface area (Å²) in [6, 6.07) is 9.55. The highest BCUT2D eigenvalue weighted by Crippen LogP contribution is 2.12. The molecule has 21 heavy (non-hydrogen) atoms. The topological polar surface area (TPSA) is 36.4 Å². The van der Waals surface area contributed by atoms with Crippen LogP contribution in [0.5, 0.6) is 0 Å². The molecule has 0 atom stereocenters. The number of benzene rings is 1. The van der Waals surface area contributed by atoms with Crippen LogP contribution in [0.2, 0.25) is 0 Å². The Morgan fingerprint density at radius 3 is 2.76 bits per heavy atom. The van der Waals surface area contributed by atoms with Gasteiger partial charge in [0.25, 0.3) is 5.91 Å². The fourth-order valence-electron chi connectivity index (χ4n) is 2.64. The summed E-state index contributed by atoms with van der Waals surface area (Å²) < 4.78 is 0. The van der Waals surface area contributed by atoms with Gasteiger partial charge in [0.05, 0.1) is 11.2 Å². The Morgan fingerprint density at radius 2 is 2.00 bits per heavy atom. The van der Waals surface area contributed by atoms with Crippen molar-refractivity contribution in [2.24, 2.45) is 0 Å². The molecule has 0 spiro atoms. The molecule has 1 saturated heterocycles. The molecule has 1 aliphatic rings. The van der Waals surface area contributed by atoms with Crippen LogP contribution in [-0.4, -0.2) is 46.9 Å². The van der Waals surface area contributed by atoms with Gasteiger partial charge in [0.15, 0.2) is 0 Å². The number of hydrogen-bond donors (Lipinski definition) is 0. The van der Waals surface area contributed by atoms with Crippen molar-refractivity contribution < 1.29 is 4.79 Å². The Kier molecular flexibility index (Phi) is 4.62. The van der Waals surface area contributed by atoms with E-state index < -0.39 is 0 Å². The summed E-state index contributed by atoms with van der Waals surface area (Å²) in [6.07, 6.45) is 1.02. The lowest BCUT2D eigenvalue weighted by molar-refractivity contribution is 0.0761. The van der Waals surface area contributed by atoms with Gasteiger partial charge in [-0.25, -0.2) is 4.98 Å². The average Bonchev–Trinajstić information content (AvgIpc) is 2.92. The molecule has 2 heterocycles. The highest BCUT2D eigenvalue weighted by atomic mass is 32.1. The van der Waals surface area contributed by atoms with Crippen LogP contribution in [0.4, 0.5) is 0 Å². The molecule has 1 fully saturated rings. The summed E-state index contributed by atoms with van der Waals surface area (Å²) in [5.74, 6) is 0.145. The predicted molar refractivity (Wildman–Crippen MR) is 84.4 cm³/mol. The van der Waals surface area contributed by atoms with Crippen molar-refractivity contribution in [1.82, 2.24) is 14.8 Å². The van der Waals surface area contributed by atoms with Crippen LogP contribution in [0.1, 0.15) is 22.5 Å². The van der Waals surface area contributed by atoms with Gasteiger partial charge in [-0.1, -0.05) is 18.2 Å². The maximum atomic E-state index is 12.5. The molecule has 1 aromatic heterocycles. The zero-order valence-corrected chi connectivity index (χ0v) is 12.8. The largest absolute Gasteiger partial charge is 0.337 e. The first-order valence-corrected chi connectivity index (χ1v) is 8.21. The quantitative estimate of drug-likeness (QED) is 0.874. The minimum atomic E-state index is 0.145. The van der Waals surface area contributed by atoms with Gasteiger partial charge in [0.2, 0.25) is 0 Å². The number of carbonyl (C=O) groups is 1. The van der Waals surface area contributed by atoms with Gasteiger partial charge in [-0.3, -0.25) is 9.69 Å². The Morgan fingerprint density at radius 1 is 1.14 bits per heavy atom. The first-order chi connectivity index (χ1) is 10.3. The second-order valence-corrected chi connectivity index (χ2v) is 5.99. The maximum Gasteiger partial charge on any atom is 0.253 e. The molecule has 0 saturated carbocycles. The fourth-order valence-corrected chi connectivity index (χ4v) is 3.19. The number of carbonyl (C=O) groups excluding carboxylic acids is 1. The molecular weight excluding hydrogens is 282 g/mol. The summed E-state index contributed by atoms with van der Waals surface area (Å²) in [5, 5.41) is 2.10. The third-order valence-electron chi connectivity index (χ3n) is 3.77. The molecule has 1 aliphatic heterocycles. The predicted octanol–water partition coefficient (Wildman–Crippen LogP) is 2.49. The van der Waals surface area contributed by atoms with Crippen molar-refractivity contribution in [3.63, 3.8) is 0 Å². The lowest BCUT2D eigenvalue weighted by Gasteiger charge is -2.21. The van der Waals surface area contributed by atoms with Crippen LogP contribution in [0.25, 0.3) is 0 Å². The van der Waals surface area contributed by atoms with E-state index in [9.17, 15) is 4.79 Å². The number of rotatable bonds is 3. The third kappa shape index (κ3) is 3.68. The smallest absolute Gasteiger partial charge is 0.253 e. The molecular formula is C16H19N3OS. The molecule has 3 rings (SSSR count). The Bertz CT molecular complexity index is 570. The standard InChI is InChI=1S/C16H19N3OS/c20-16(14-5-2-1-3-6-14)19-8-4-7-18(9-10-19)11-15-12-21-13-17-15/h1-3,5-6,12-13H,4,7-11H2. The molecule has 0 unspecified atom stereocenters. The molecule has 0 radical (unpaired) electrons. The molecule has 110 valence electrons. The van der Waals surface area contributed by atoms with E-state index in [1.807, 2.05) is 40.7 Å². The summed E-state index contributed by atoms with van der Waals surface area (Å²) in [7, 11) is 0. The van der Waals surface area contributed by atoms with E-state index in [0.717, 1.165) is 50.4 Å². The first kappa shape index (κ1) is 14.2. The van der Waals surface area contributed by atoms with Crippen molar-refractivity contribution >= 4 is 17.2 Å². The molecule has 1 amide bonds. The van der Waals surface area contributed by atoms with Gasteiger partial charge in [0.1, 0.15) is 0 Å². The number of thiazole rings is 1. The van der Waals surface area contributed by atoms with Gasteiger partial charge < -0.3 is 4.90 Å². The molecule has 1 aromatic carbocycles. The van der Waals surface area contributed by atoms with E-state index in [2.05, 4.69) is 15.3 Å². The number of hydrogen-bond acceptors (Lipinski definition) is 4. The normalized spacial score (nSPS) is 16.7. The minimum Gasteiger partial charge on any atom is -0.337 e. The number of aromatic nitrogens is 1. The van der Waals surface area contributed by atoms with Crippen molar-refractivity contribution in [3.05, 3.63) is 52.5 Å². The van der Waals surface area contributed by atoms with Crippen molar-refractivity contribution in [2.45, 2.75) is 13.0 Å². The van der Waals surface area contributed by atoms with Crippen LogP contribution in [0.15, 0.2) is 41.2 Å². The SMILES string of the molecule is O=C(c1ccccc1)N1CCCN(Cc2cscn2)CC1. The van der Waals surface area contributed by atoms with Gasteiger partial charge >= 0.3 is 0 Å². The van der Waals surface area contributed by atoms with E-state index in [-0.39, 0.29) is 5.91 Å². The lowest BCUT2D eigenvalue weighted by Crippen LogP contribution is -2.35. The van der Waals surface area contributed by atoms with Crippen LogP contribution in [0, 0.1) is 0 Å². The van der Waals surface area contributed by atoms with E-state index >= 15 is 0 Å². The van der Waals surface area contributed by atoms with Gasteiger partial charge in [-0.2, -0.15) is 0 Å². The fraction of sp³-hybridized carbons (Fsp3) is 0.375. The monoisotopic (exact) mass is 301 g/mol. The second kappa shape index (κ2) is 6.83. The van der Waals surface area contributed by atoms with Gasteiger partial charge in [-0.15, -0.1) is 11.3 Å². The van der Waals surface area contributed by atoms with Gasteiger partial charge in [-0.05, 0) is 18.6 Å². The van der Waals surface area contributed by atoms with Crippen LogP contribution >= 0.6 is 11.3 Å². The zero-order chi connectivity index (χ0) is 14.5. The summed E-state index contributed by atoms with van der Waals surface area (Å²) >= 11 is 1.63. The summed E-state index contributed by atoms with van der Waals surface area (Å²) in [5.41, 5.74) is 3.78. The third-order valence-corrected chi connectivity index (χ3v) is 4.40. The van der Waals surface area contributed by atoms with Crippen LogP contribution in [-0.2, 0) is 6.54 Å². The Hall–Kier alpha value is -1.72. The highest BCUT2D eigenvalue weighted by molar-refractivity contribution is 7.07. The maximum absolute atomic E-state index is 12.5. The zero-order valence-electron chi connectivity index (χ0n) is 11.9. The lowest BCUT2D eigenvalue weighted by atomic mass is 10.2. The molecule has 2 aromatic rings. The minimum absolute atomic E-state index is 0.145. The molecule has 5 heteroatoms. The number of amides is 1. The molecule has 0 N–H and O–H groups in total.